The van der Waals surface area contributed by atoms with Gasteiger partial charge in [-0.15, -0.1) is 0 Å². The number of benzene rings is 3. The highest BCUT2D eigenvalue weighted by Gasteiger charge is 2.15. The van der Waals surface area contributed by atoms with Crippen LogP contribution in [-0.2, 0) is 4.79 Å². The van der Waals surface area contributed by atoms with Crippen LogP contribution in [0.3, 0.4) is 0 Å². The van der Waals surface area contributed by atoms with Crippen molar-refractivity contribution in [3.8, 4) is 5.75 Å². The predicted molar refractivity (Wildman–Crippen MR) is 111 cm³/mol. The number of rotatable bonds is 5. The van der Waals surface area contributed by atoms with E-state index in [1.54, 1.807) is 0 Å². The van der Waals surface area contributed by atoms with E-state index in [9.17, 15) is 4.79 Å². The summed E-state index contributed by atoms with van der Waals surface area (Å²) in [6, 6.07) is 22.0. The summed E-state index contributed by atoms with van der Waals surface area (Å²) in [5.41, 5.74) is 1.95. The first kappa shape index (κ1) is 17.4. The van der Waals surface area contributed by atoms with E-state index in [-0.39, 0.29) is 12.5 Å². The lowest BCUT2D eigenvalue weighted by Crippen LogP contribution is -2.30. The molecule has 138 valence electrons. The first-order valence-electron chi connectivity index (χ1n) is 9.55. The van der Waals surface area contributed by atoms with E-state index < -0.39 is 0 Å². The molecule has 3 aromatic rings. The second-order valence-electron chi connectivity index (χ2n) is 6.91. The number of carbonyl (C=O) groups is 1. The maximum absolute atomic E-state index is 12.4. The number of amides is 1. The van der Waals surface area contributed by atoms with Crippen molar-refractivity contribution in [1.29, 1.82) is 0 Å². The molecule has 4 nitrogen and oxygen atoms in total. The lowest BCUT2D eigenvalue weighted by Gasteiger charge is -2.30. The SMILES string of the molecule is O=C(COc1ccc2ccccc2c1)Nc1ccccc1N1CCCCC1. The molecule has 0 spiro atoms. The molecule has 1 saturated heterocycles. The molecule has 0 unspecified atom stereocenters. The minimum Gasteiger partial charge on any atom is -0.484 e. The largest absolute Gasteiger partial charge is 0.484 e. The van der Waals surface area contributed by atoms with E-state index in [0.717, 1.165) is 35.2 Å². The Morgan fingerprint density at radius 2 is 1.63 bits per heavy atom. The van der Waals surface area contributed by atoms with Gasteiger partial charge in [-0.3, -0.25) is 4.79 Å². The lowest BCUT2D eigenvalue weighted by atomic mass is 10.1. The standard InChI is InChI=1S/C23H24N2O2/c26-23(17-27-20-13-12-18-8-2-3-9-19(18)16-20)24-21-10-4-5-11-22(21)25-14-6-1-7-15-25/h2-5,8-13,16H,1,6-7,14-15,17H2,(H,24,26). The number of nitrogens with zero attached hydrogens (tertiary/aromatic N) is 1. The van der Waals surface area contributed by atoms with Gasteiger partial charge in [-0.2, -0.15) is 0 Å². The van der Waals surface area contributed by atoms with E-state index in [1.807, 2.05) is 54.6 Å². The predicted octanol–water partition coefficient (Wildman–Crippen LogP) is 4.85. The molecule has 1 heterocycles. The maximum atomic E-state index is 12.4. The Morgan fingerprint density at radius 1 is 0.889 bits per heavy atom. The van der Waals surface area contributed by atoms with Crippen molar-refractivity contribution >= 4 is 28.1 Å². The van der Waals surface area contributed by atoms with Crippen LogP contribution in [0.25, 0.3) is 10.8 Å². The van der Waals surface area contributed by atoms with Crippen LogP contribution in [-0.4, -0.2) is 25.6 Å². The van der Waals surface area contributed by atoms with Gasteiger partial charge in [0.1, 0.15) is 5.75 Å². The average Bonchev–Trinajstić information content (AvgIpc) is 2.73. The number of nitrogens with one attached hydrogen (secondary N) is 1. The molecule has 0 radical (unpaired) electrons. The first-order valence-corrected chi connectivity index (χ1v) is 9.55. The number of hydrogen-bond donors (Lipinski definition) is 1. The molecule has 1 aliphatic heterocycles. The summed E-state index contributed by atoms with van der Waals surface area (Å²) in [7, 11) is 0. The van der Waals surface area contributed by atoms with Crippen LogP contribution in [0.15, 0.2) is 66.7 Å². The van der Waals surface area contributed by atoms with E-state index in [2.05, 4.69) is 22.3 Å². The van der Waals surface area contributed by atoms with Crippen molar-refractivity contribution in [3.05, 3.63) is 66.7 Å². The van der Waals surface area contributed by atoms with E-state index in [0.29, 0.717) is 5.75 Å². The summed E-state index contributed by atoms with van der Waals surface area (Å²) < 4.78 is 5.71. The average molecular weight is 360 g/mol. The molecule has 0 saturated carbocycles. The van der Waals surface area contributed by atoms with E-state index >= 15 is 0 Å². The number of hydrogen-bond acceptors (Lipinski definition) is 3. The number of ether oxygens (including phenoxy) is 1. The Labute approximate surface area is 159 Å². The Balaban J connectivity index is 1.40. The Morgan fingerprint density at radius 3 is 2.48 bits per heavy atom. The minimum atomic E-state index is -0.146. The zero-order valence-electron chi connectivity index (χ0n) is 15.4. The second-order valence-corrected chi connectivity index (χ2v) is 6.91. The maximum Gasteiger partial charge on any atom is 0.262 e. The van der Waals surface area contributed by atoms with Crippen molar-refractivity contribution in [2.45, 2.75) is 19.3 Å². The van der Waals surface area contributed by atoms with Gasteiger partial charge < -0.3 is 15.0 Å². The van der Waals surface area contributed by atoms with E-state index in [1.165, 1.54) is 19.3 Å². The van der Waals surface area contributed by atoms with Crippen molar-refractivity contribution in [2.24, 2.45) is 0 Å². The third-order valence-electron chi connectivity index (χ3n) is 4.97. The van der Waals surface area contributed by atoms with Crippen LogP contribution in [0.1, 0.15) is 19.3 Å². The van der Waals surface area contributed by atoms with Gasteiger partial charge in [0, 0.05) is 13.1 Å². The Hall–Kier alpha value is -3.01. The van der Waals surface area contributed by atoms with Crippen LogP contribution < -0.4 is 15.0 Å². The zero-order valence-corrected chi connectivity index (χ0v) is 15.4. The van der Waals surface area contributed by atoms with Crippen molar-refractivity contribution in [1.82, 2.24) is 0 Å². The number of piperidine rings is 1. The molecule has 1 N–H and O–H groups in total. The van der Waals surface area contributed by atoms with E-state index in [4.69, 9.17) is 4.74 Å². The fourth-order valence-corrected chi connectivity index (χ4v) is 3.58. The van der Waals surface area contributed by atoms with Crippen LogP contribution in [0.4, 0.5) is 11.4 Å². The molecular formula is C23H24N2O2. The highest BCUT2D eigenvalue weighted by atomic mass is 16.5. The molecule has 27 heavy (non-hydrogen) atoms. The smallest absolute Gasteiger partial charge is 0.262 e. The van der Waals surface area contributed by atoms with Crippen molar-refractivity contribution < 1.29 is 9.53 Å². The highest BCUT2D eigenvalue weighted by molar-refractivity contribution is 5.95. The number of carbonyl (C=O) groups excluding carboxylic acids is 1. The van der Waals surface area contributed by atoms with Gasteiger partial charge in [-0.1, -0.05) is 42.5 Å². The van der Waals surface area contributed by atoms with Crippen LogP contribution >= 0.6 is 0 Å². The molecule has 0 aliphatic carbocycles. The second kappa shape index (κ2) is 8.12. The number of fused-ring (bicyclic) bond motifs is 1. The van der Waals surface area contributed by atoms with Crippen LogP contribution in [0.2, 0.25) is 0 Å². The van der Waals surface area contributed by atoms with Gasteiger partial charge in [0.05, 0.1) is 11.4 Å². The fraction of sp³-hybridized carbons (Fsp3) is 0.261. The third kappa shape index (κ3) is 4.22. The van der Waals surface area contributed by atoms with Crippen LogP contribution in [0, 0.1) is 0 Å². The highest BCUT2D eigenvalue weighted by Crippen LogP contribution is 2.28. The zero-order chi connectivity index (χ0) is 18.5. The summed E-state index contributed by atoms with van der Waals surface area (Å²) in [5, 5.41) is 5.27. The molecule has 0 aromatic heterocycles. The van der Waals surface area contributed by atoms with Crippen molar-refractivity contribution in [3.63, 3.8) is 0 Å². The quantitative estimate of drug-likeness (QED) is 0.707. The van der Waals surface area contributed by atoms with Gasteiger partial charge in [0.15, 0.2) is 6.61 Å². The summed E-state index contributed by atoms with van der Waals surface area (Å²) in [4.78, 5) is 14.8. The van der Waals surface area contributed by atoms with Gasteiger partial charge in [-0.25, -0.2) is 0 Å². The first-order chi connectivity index (χ1) is 13.3. The summed E-state index contributed by atoms with van der Waals surface area (Å²) >= 11 is 0. The summed E-state index contributed by atoms with van der Waals surface area (Å²) in [6.45, 7) is 2.08. The monoisotopic (exact) mass is 360 g/mol. The van der Waals surface area contributed by atoms with Gasteiger partial charge >= 0.3 is 0 Å². The Bertz CT molecular complexity index is 932. The van der Waals surface area contributed by atoms with Crippen LogP contribution in [0.5, 0.6) is 5.75 Å². The number of para-hydroxylation sites is 2. The normalized spacial score (nSPS) is 14.1. The Kier molecular flexibility index (Phi) is 5.24. The van der Waals surface area contributed by atoms with Gasteiger partial charge in [0.2, 0.25) is 0 Å². The third-order valence-corrected chi connectivity index (χ3v) is 4.97. The molecule has 4 rings (SSSR count). The molecule has 0 bridgehead atoms. The summed E-state index contributed by atoms with van der Waals surface area (Å²) in [6.07, 6.45) is 3.69. The fourth-order valence-electron chi connectivity index (χ4n) is 3.58. The molecule has 0 atom stereocenters. The van der Waals surface area contributed by atoms with Crippen molar-refractivity contribution in [2.75, 3.05) is 29.9 Å². The summed E-state index contributed by atoms with van der Waals surface area (Å²) in [5.74, 6) is 0.556. The molecule has 4 heteroatoms. The van der Waals surface area contributed by atoms with Gasteiger partial charge in [0.25, 0.3) is 5.91 Å². The molecular weight excluding hydrogens is 336 g/mol. The lowest BCUT2D eigenvalue weighted by molar-refractivity contribution is -0.118. The molecule has 1 amide bonds. The number of anilines is 2. The minimum absolute atomic E-state index is 0.00727. The molecule has 1 fully saturated rings. The molecule has 3 aromatic carbocycles. The molecule has 1 aliphatic rings. The topological polar surface area (TPSA) is 41.6 Å². The van der Waals surface area contributed by atoms with Gasteiger partial charge in [-0.05, 0) is 54.3 Å².